The quantitative estimate of drug-likeness (QED) is 0.680. The van der Waals surface area contributed by atoms with Crippen molar-refractivity contribution in [1.29, 1.82) is 0 Å². The zero-order chi connectivity index (χ0) is 6.69. The van der Waals surface area contributed by atoms with Gasteiger partial charge in [-0.15, -0.1) is 11.3 Å². The van der Waals surface area contributed by atoms with Crippen LogP contribution in [-0.2, 0) is 0 Å². The van der Waals surface area contributed by atoms with Crippen LogP contribution in [0.3, 0.4) is 0 Å². The summed E-state index contributed by atoms with van der Waals surface area (Å²) in [6.07, 6.45) is 1.92. The summed E-state index contributed by atoms with van der Waals surface area (Å²) >= 11 is 10.6. The lowest BCUT2D eigenvalue weighted by Gasteiger charge is -1.81. The van der Waals surface area contributed by atoms with Crippen LogP contribution in [0.1, 0.15) is 4.88 Å². The summed E-state index contributed by atoms with van der Waals surface area (Å²) in [5.74, 6) is 0. The summed E-state index contributed by atoms with van der Waals surface area (Å²) in [5.41, 5.74) is 0. The molecule has 0 saturated carbocycles. The third-order valence-electron chi connectivity index (χ3n) is 0.859. The maximum atomic E-state index is 5.76. The van der Waals surface area contributed by atoms with Gasteiger partial charge in [0, 0.05) is 4.88 Å². The molecule has 0 unspecified atom stereocenters. The van der Waals surface area contributed by atoms with Gasteiger partial charge in [0.15, 0.2) is 0 Å². The molecule has 0 saturated heterocycles. The van der Waals surface area contributed by atoms with Crippen molar-refractivity contribution in [3.63, 3.8) is 0 Å². The molecule has 1 aromatic rings. The van der Waals surface area contributed by atoms with Crippen LogP contribution < -0.4 is 0 Å². The fourth-order valence-corrected chi connectivity index (χ4v) is 1.93. The molecule has 0 N–H and O–H groups in total. The van der Waals surface area contributed by atoms with E-state index in [2.05, 4.69) is 15.9 Å². The summed E-state index contributed by atoms with van der Waals surface area (Å²) in [6.45, 7) is 0. The lowest BCUT2D eigenvalue weighted by molar-refractivity contribution is 1.95. The van der Waals surface area contributed by atoms with E-state index in [0.29, 0.717) is 0 Å². The smallest absolute Gasteiger partial charge is 0.0586 e. The lowest BCUT2D eigenvalue weighted by atomic mass is 10.5. The Hall–Kier alpha value is 0.210. The molecule has 0 aromatic carbocycles. The van der Waals surface area contributed by atoms with E-state index in [0.717, 1.165) is 9.90 Å². The molecule has 0 aliphatic rings. The monoisotopic (exact) mass is 222 g/mol. The number of hydrogen-bond donors (Lipinski definition) is 0. The summed E-state index contributed by atoms with van der Waals surface area (Å²) < 4.78 is 0. The third kappa shape index (κ3) is 1.81. The molecule has 1 rings (SSSR count). The van der Waals surface area contributed by atoms with Gasteiger partial charge < -0.3 is 0 Å². The van der Waals surface area contributed by atoms with Gasteiger partial charge in [-0.2, -0.15) is 0 Å². The summed E-state index contributed by atoms with van der Waals surface area (Å²) in [5, 5.41) is 2.78. The minimum Gasteiger partial charge on any atom is -0.143 e. The van der Waals surface area contributed by atoms with Gasteiger partial charge in [0.25, 0.3) is 0 Å². The second-order valence-electron chi connectivity index (χ2n) is 1.43. The minimum atomic E-state index is 0.815. The second-order valence-corrected chi connectivity index (χ2v) is 3.31. The normalized spacial score (nSPS) is 10.9. The van der Waals surface area contributed by atoms with Crippen LogP contribution in [0, 0.1) is 0 Å². The molecular formula is C6H4BrClS. The molecule has 3 heteroatoms. The number of thiophene rings is 1. The standard InChI is InChI=1S/C6H4BrClS/c7-3-1-6-5(8)2-4-9-6/h1-4H. The van der Waals surface area contributed by atoms with Gasteiger partial charge in [-0.05, 0) is 22.5 Å². The molecule has 0 radical (unpaired) electrons. The van der Waals surface area contributed by atoms with Crippen molar-refractivity contribution in [2.45, 2.75) is 0 Å². The molecule has 9 heavy (non-hydrogen) atoms. The molecular weight excluding hydrogens is 219 g/mol. The molecule has 0 nitrogen and oxygen atoms in total. The highest BCUT2D eigenvalue weighted by molar-refractivity contribution is 9.11. The van der Waals surface area contributed by atoms with Crippen molar-refractivity contribution >= 4 is 44.9 Å². The molecule has 0 aliphatic carbocycles. The van der Waals surface area contributed by atoms with Gasteiger partial charge in [0.2, 0.25) is 0 Å². The Kier molecular flexibility index (Phi) is 2.76. The predicted octanol–water partition coefficient (Wildman–Crippen LogP) is 3.77. The number of rotatable bonds is 1. The highest BCUT2D eigenvalue weighted by Gasteiger charge is 1.93. The third-order valence-corrected chi connectivity index (χ3v) is 2.45. The fourth-order valence-electron chi connectivity index (χ4n) is 0.482. The van der Waals surface area contributed by atoms with Crippen molar-refractivity contribution in [2.75, 3.05) is 0 Å². The Morgan fingerprint density at radius 1 is 1.67 bits per heavy atom. The van der Waals surface area contributed by atoms with E-state index < -0.39 is 0 Å². The van der Waals surface area contributed by atoms with Gasteiger partial charge in [-0.1, -0.05) is 27.5 Å². The minimum absolute atomic E-state index is 0.815. The SMILES string of the molecule is Clc1ccsc1C=CBr. The van der Waals surface area contributed by atoms with Gasteiger partial charge in [-0.25, -0.2) is 0 Å². The molecule has 0 fully saturated rings. The van der Waals surface area contributed by atoms with E-state index >= 15 is 0 Å². The van der Waals surface area contributed by atoms with E-state index in [1.54, 1.807) is 16.3 Å². The molecule has 48 valence electrons. The topological polar surface area (TPSA) is 0 Å². The summed E-state index contributed by atoms with van der Waals surface area (Å²) in [6, 6.07) is 1.88. The molecule has 1 heterocycles. The number of halogens is 2. The lowest BCUT2D eigenvalue weighted by Crippen LogP contribution is -1.56. The van der Waals surface area contributed by atoms with Gasteiger partial charge >= 0.3 is 0 Å². The van der Waals surface area contributed by atoms with Crippen LogP contribution >= 0.6 is 38.9 Å². The maximum Gasteiger partial charge on any atom is 0.0586 e. The largest absolute Gasteiger partial charge is 0.143 e. The zero-order valence-corrected chi connectivity index (χ0v) is 7.63. The molecule has 0 spiro atoms. The molecule has 1 aromatic heterocycles. The van der Waals surface area contributed by atoms with Crippen LogP contribution in [0.25, 0.3) is 6.08 Å². The van der Waals surface area contributed by atoms with E-state index in [9.17, 15) is 0 Å². The van der Waals surface area contributed by atoms with Crippen molar-refractivity contribution in [2.24, 2.45) is 0 Å². The fraction of sp³-hybridized carbons (Fsp3) is 0. The highest BCUT2D eigenvalue weighted by Crippen LogP contribution is 2.23. The average Bonchev–Trinajstić information content (AvgIpc) is 2.18. The van der Waals surface area contributed by atoms with E-state index in [1.807, 2.05) is 17.5 Å². The Bertz CT molecular complexity index is 217. The Balaban J connectivity index is 2.94. The first-order chi connectivity index (χ1) is 4.34. The first-order valence-electron chi connectivity index (χ1n) is 2.34. The van der Waals surface area contributed by atoms with Crippen LogP contribution in [0.4, 0.5) is 0 Å². The second kappa shape index (κ2) is 3.40. The zero-order valence-electron chi connectivity index (χ0n) is 4.47. The Morgan fingerprint density at radius 3 is 2.89 bits per heavy atom. The van der Waals surface area contributed by atoms with Gasteiger partial charge in [0.05, 0.1) is 5.02 Å². The van der Waals surface area contributed by atoms with Crippen molar-refractivity contribution < 1.29 is 0 Å². The van der Waals surface area contributed by atoms with Crippen LogP contribution in [0.15, 0.2) is 16.4 Å². The molecule has 0 atom stereocenters. The summed E-state index contributed by atoms with van der Waals surface area (Å²) in [4.78, 5) is 2.89. The van der Waals surface area contributed by atoms with Crippen LogP contribution in [-0.4, -0.2) is 0 Å². The first kappa shape index (κ1) is 7.32. The molecule has 0 bridgehead atoms. The van der Waals surface area contributed by atoms with Crippen molar-refractivity contribution in [1.82, 2.24) is 0 Å². The van der Waals surface area contributed by atoms with Crippen LogP contribution in [0.2, 0.25) is 5.02 Å². The van der Waals surface area contributed by atoms with Gasteiger partial charge in [-0.3, -0.25) is 0 Å². The first-order valence-corrected chi connectivity index (χ1v) is 4.51. The summed E-state index contributed by atoms with van der Waals surface area (Å²) in [7, 11) is 0. The van der Waals surface area contributed by atoms with E-state index in [4.69, 9.17) is 11.6 Å². The highest BCUT2D eigenvalue weighted by atomic mass is 79.9. The number of hydrogen-bond acceptors (Lipinski definition) is 1. The Morgan fingerprint density at radius 2 is 2.44 bits per heavy atom. The van der Waals surface area contributed by atoms with Crippen molar-refractivity contribution in [3.8, 4) is 0 Å². The predicted molar refractivity (Wildman–Crippen MR) is 47.3 cm³/mol. The Labute approximate surface area is 71.3 Å². The van der Waals surface area contributed by atoms with E-state index in [-0.39, 0.29) is 0 Å². The molecule has 0 amide bonds. The van der Waals surface area contributed by atoms with Gasteiger partial charge in [0.1, 0.15) is 0 Å². The van der Waals surface area contributed by atoms with E-state index in [1.165, 1.54) is 0 Å². The van der Waals surface area contributed by atoms with Crippen molar-refractivity contribution in [3.05, 3.63) is 26.3 Å². The molecule has 0 aliphatic heterocycles. The average molecular weight is 224 g/mol. The maximum absolute atomic E-state index is 5.76. The van der Waals surface area contributed by atoms with Crippen LogP contribution in [0.5, 0.6) is 0 Å².